The first-order chi connectivity index (χ1) is 12.2. The molecule has 1 amide bonds. The van der Waals surface area contributed by atoms with Crippen LogP contribution < -0.4 is 10.2 Å². The second kappa shape index (κ2) is 8.31. The number of methoxy groups -OCH3 is 1. The number of carbonyl (C=O) groups is 1. The summed E-state index contributed by atoms with van der Waals surface area (Å²) < 4.78 is 10.8. The summed E-state index contributed by atoms with van der Waals surface area (Å²) in [5, 5.41) is 3.20. The summed E-state index contributed by atoms with van der Waals surface area (Å²) in [6, 6.07) is 8.08. The number of guanidine groups is 1. The van der Waals surface area contributed by atoms with E-state index in [-0.39, 0.29) is 18.6 Å². The van der Waals surface area contributed by atoms with Gasteiger partial charge in [0.25, 0.3) is 0 Å². The molecule has 3 rings (SSSR count). The van der Waals surface area contributed by atoms with Crippen molar-refractivity contribution in [3.8, 4) is 0 Å². The van der Waals surface area contributed by atoms with Crippen LogP contribution in [0.15, 0.2) is 29.3 Å². The third kappa shape index (κ3) is 4.11. The molecule has 0 radical (unpaired) electrons. The minimum Gasteiger partial charge on any atom is -0.382 e. The molecule has 2 aliphatic rings. The summed E-state index contributed by atoms with van der Waals surface area (Å²) in [6.07, 6.45) is 0.942. The quantitative estimate of drug-likeness (QED) is 0.635. The second-order valence-corrected chi connectivity index (χ2v) is 6.22. The molecule has 7 heteroatoms. The topological polar surface area (TPSA) is 66.4 Å². The molecule has 1 atom stereocenters. The Kier molecular flexibility index (Phi) is 5.88. The zero-order chi connectivity index (χ0) is 17.6. The lowest BCUT2D eigenvalue weighted by molar-refractivity contribution is -0.117. The van der Waals surface area contributed by atoms with Crippen LogP contribution in [0.2, 0.25) is 0 Å². The van der Waals surface area contributed by atoms with Crippen molar-refractivity contribution < 1.29 is 14.3 Å². The zero-order valence-corrected chi connectivity index (χ0v) is 14.9. The van der Waals surface area contributed by atoms with Gasteiger partial charge in [0.15, 0.2) is 5.96 Å². The molecule has 1 saturated heterocycles. The number of hydrogen-bond acceptors (Lipinski definition) is 4. The van der Waals surface area contributed by atoms with Gasteiger partial charge in [0.2, 0.25) is 5.91 Å². The van der Waals surface area contributed by atoms with Crippen molar-refractivity contribution in [1.29, 1.82) is 0 Å². The molecule has 2 heterocycles. The molecule has 0 bridgehead atoms. The van der Waals surface area contributed by atoms with Gasteiger partial charge in [-0.3, -0.25) is 9.79 Å². The fraction of sp³-hybridized carbons (Fsp3) is 0.556. The van der Waals surface area contributed by atoms with Crippen molar-refractivity contribution in [2.24, 2.45) is 4.99 Å². The number of carbonyl (C=O) groups excluding carboxylic acids is 1. The number of benzene rings is 1. The van der Waals surface area contributed by atoms with Crippen molar-refractivity contribution >= 4 is 17.6 Å². The normalized spacial score (nSPS) is 20.6. The van der Waals surface area contributed by atoms with Gasteiger partial charge >= 0.3 is 0 Å². The average molecular weight is 346 g/mol. The number of ether oxygens (including phenoxy) is 2. The Labute approximate surface area is 148 Å². The number of nitrogens with one attached hydrogen (secondary N) is 1. The number of nitrogens with zero attached hydrogens (tertiary/aromatic N) is 3. The van der Waals surface area contributed by atoms with Crippen LogP contribution in [0.4, 0.5) is 5.69 Å². The van der Waals surface area contributed by atoms with E-state index in [4.69, 9.17) is 9.47 Å². The first-order valence-corrected chi connectivity index (χ1v) is 8.67. The fourth-order valence-corrected chi connectivity index (χ4v) is 3.38. The fourth-order valence-electron chi connectivity index (χ4n) is 3.38. The smallest absolute Gasteiger partial charge is 0.246 e. The number of hydrogen-bond donors (Lipinski definition) is 1. The third-order valence-corrected chi connectivity index (χ3v) is 4.59. The van der Waals surface area contributed by atoms with Crippen molar-refractivity contribution in [1.82, 2.24) is 10.2 Å². The number of amides is 1. The Hall–Kier alpha value is -2.12. The van der Waals surface area contributed by atoms with Crippen LogP contribution in [0.25, 0.3) is 0 Å². The van der Waals surface area contributed by atoms with E-state index in [9.17, 15) is 4.79 Å². The SMILES string of the molecule is CN=C(NCC(=O)N1CCc2ccccc21)N1CCOC(COC)C1. The summed E-state index contributed by atoms with van der Waals surface area (Å²) >= 11 is 0. The van der Waals surface area contributed by atoms with Crippen molar-refractivity contribution in [3.63, 3.8) is 0 Å². The van der Waals surface area contributed by atoms with E-state index >= 15 is 0 Å². The lowest BCUT2D eigenvalue weighted by Crippen LogP contribution is -2.53. The summed E-state index contributed by atoms with van der Waals surface area (Å²) in [5.74, 6) is 0.790. The summed E-state index contributed by atoms with van der Waals surface area (Å²) in [7, 11) is 3.40. The maximum Gasteiger partial charge on any atom is 0.246 e. The van der Waals surface area contributed by atoms with Crippen molar-refractivity contribution in [3.05, 3.63) is 29.8 Å². The van der Waals surface area contributed by atoms with Crippen LogP contribution in [-0.2, 0) is 20.7 Å². The Balaban J connectivity index is 1.56. The maximum atomic E-state index is 12.6. The summed E-state index contributed by atoms with van der Waals surface area (Å²) in [4.78, 5) is 20.9. The monoisotopic (exact) mass is 346 g/mol. The predicted molar refractivity (Wildman–Crippen MR) is 97.0 cm³/mol. The lowest BCUT2D eigenvalue weighted by Gasteiger charge is -2.34. The van der Waals surface area contributed by atoms with Gasteiger partial charge < -0.3 is 24.6 Å². The standard InChI is InChI=1S/C18H26N4O3/c1-19-18(21-9-10-25-15(12-21)13-24-2)20-11-17(23)22-8-7-14-5-3-4-6-16(14)22/h3-6,15H,7-13H2,1-2H3,(H,19,20). The second-order valence-electron chi connectivity index (χ2n) is 6.22. The molecular weight excluding hydrogens is 320 g/mol. The largest absolute Gasteiger partial charge is 0.382 e. The zero-order valence-electron chi connectivity index (χ0n) is 14.9. The molecule has 136 valence electrons. The summed E-state index contributed by atoms with van der Waals surface area (Å²) in [6.45, 7) is 3.60. The lowest BCUT2D eigenvalue weighted by atomic mass is 10.2. The Bertz CT molecular complexity index is 633. The molecule has 0 spiro atoms. The Morgan fingerprint density at radius 2 is 2.24 bits per heavy atom. The van der Waals surface area contributed by atoms with Crippen LogP contribution in [-0.4, -0.2) is 76.4 Å². The van der Waals surface area contributed by atoms with Gasteiger partial charge in [0, 0.05) is 39.5 Å². The first kappa shape index (κ1) is 17.7. The highest BCUT2D eigenvalue weighted by atomic mass is 16.5. The molecule has 0 saturated carbocycles. The van der Waals surface area contributed by atoms with E-state index in [2.05, 4.69) is 21.3 Å². The van der Waals surface area contributed by atoms with E-state index in [1.54, 1.807) is 14.2 Å². The highest BCUT2D eigenvalue weighted by Crippen LogP contribution is 2.27. The van der Waals surface area contributed by atoms with Crippen LogP contribution in [0.3, 0.4) is 0 Å². The predicted octanol–water partition coefficient (Wildman–Crippen LogP) is 0.498. The molecule has 1 fully saturated rings. The van der Waals surface area contributed by atoms with Gasteiger partial charge in [-0.2, -0.15) is 0 Å². The number of para-hydroxylation sites is 1. The van der Waals surface area contributed by atoms with Gasteiger partial charge in [-0.25, -0.2) is 0 Å². The molecule has 1 unspecified atom stereocenters. The van der Waals surface area contributed by atoms with Gasteiger partial charge in [-0.15, -0.1) is 0 Å². The Morgan fingerprint density at radius 1 is 1.40 bits per heavy atom. The van der Waals surface area contributed by atoms with Gasteiger partial charge in [0.1, 0.15) is 0 Å². The third-order valence-electron chi connectivity index (χ3n) is 4.59. The van der Waals surface area contributed by atoms with E-state index in [0.29, 0.717) is 19.8 Å². The molecule has 25 heavy (non-hydrogen) atoms. The summed E-state index contributed by atoms with van der Waals surface area (Å²) in [5.41, 5.74) is 2.26. The molecule has 1 aromatic carbocycles. The van der Waals surface area contributed by atoms with E-state index < -0.39 is 0 Å². The number of fused-ring (bicyclic) bond motifs is 1. The molecule has 7 nitrogen and oxygen atoms in total. The number of aliphatic imine (C=N–C) groups is 1. The molecule has 1 aromatic rings. The number of rotatable bonds is 4. The average Bonchev–Trinajstić information content (AvgIpc) is 3.07. The number of anilines is 1. The van der Waals surface area contributed by atoms with Crippen LogP contribution in [0.1, 0.15) is 5.56 Å². The molecule has 0 aliphatic carbocycles. The first-order valence-electron chi connectivity index (χ1n) is 8.67. The van der Waals surface area contributed by atoms with E-state index in [1.807, 2.05) is 23.1 Å². The van der Waals surface area contributed by atoms with Gasteiger partial charge in [-0.1, -0.05) is 18.2 Å². The van der Waals surface area contributed by atoms with Crippen molar-refractivity contribution in [2.75, 3.05) is 58.5 Å². The number of morpholine rings is 1. The molecular formula is C18H26N4O3. The Morgan fingerprint density at radius 3 is 3.04 bits per heavy atom. The highest BCUT2D eigenvalue weighted by molar-refractivity contribution is 5.98. The van der Waals surface area contributed by atoms with E-state index in [0.717, 1.165) is 31.2 Å². The van der Waals surface area contributed by atoms with Crippen LogP contribution in [0.5, 0.6) is 0 Å². The molecule has 2 aliphatic heterocycles. The molecule has 0 aromatic heterocycles. The highest BCUT2D eigenvalue weighted by Gasteiger charge is 2.26. The minimum absolute atomic E-state index is 0.0264. The minimum atomic E-state index is 0.0264. The van der Waals surface area contributed by atoms with Gasteiger partial charge in [-0.05, 0) is 18.1 Å². The van der Waals surface area contributed by atoms with Crippen molar-refractivity contribution in [2.45, 2.75) is 12.5 Å². The van der Waals surface area contributed by atoms with E-state index in [1.165, 1.54) is 5.56 Å². The molecule has 1 N–H and O–H groups in total. The maximum absolute atomic E-state index is 12.6. The van der Waals surface area contributed by atoms with Crippen LogP contribution in [0, 0.1) is 0 Å². The van der Waals surface area contributed by atoms with Crippen LogP contribution >= 0.6 is 0 Å². The van der Waals surface area contributed by atoms with Gasteiger partial charge in [0.05, 0.1) is 25.9 Å².